The summed E-state index contributed by atoms with van der Waals surface area (Å²) >= 11 is 6.65. The fourth-order valence-corrected chi connectivity index (χ4v) is 4.45. The number of benzene rings is 2. The summed E-state index contributed by atoms with van der Waals surface area (Å²) in [6, 6.07) is 11.7. The first-order chi connectivity index (χ1) is 13.7. The molecule has 1 atom stereocenters. The second-order valence-corrected chi connectivity index (χ2v) is 8.90. The molecule has 0 saturated heterocycles. The van der Waals surface area contributed by atoms with Crippen molar-refractivity contribution < 1.29 is 4.79 Å². The van der Waals surface area contributed by atoms with Gasteiger partial charge in [0.25, 0.3) is 0 Å². The molecule has 1 aliphatic rings. The van der Waals surface area contributed by atoms with Crippen molar-refractivity contribution in [3.63, 3.8) is 0 Å². The minimum atomic E-state index is -0.0866. The number of aliphatic imine (C=N–C) groups is 1. The molecule has 0 bridgehead atoms. The molecule has 0 aliphatic carbocycles. The van der Waals surface area contributed by atoms with E-state index < -0.39 is 0 Å². The Kier molecular flexibility index (Phi) is 6.33. The zero-order valence-electron chi connectivity index (χ0n) is 17.9. The molecule has 1 amide bonds. The molecule has 5 heteroatoms. The summed E-state index contributed by atoms with van der Waals surface area (Å²) in [5.41, 5.74) is 5.21. The maximum atomic E-state index is 11.1. The third kappa shape index (κ3) is 4.81. The number of carbonyl (C=O) groups is 1. The van der Waals surface area contributed by atoms with Crippen molar-refractivity contribution in [2.75, 3.05) is 16.8 Å². The van der Waals surface area contributed by atoms with Crippen LogP contribution in [0, 0.1) is 0 Å². The summed E-state index contributed by atoms with van der Waals surface area (Å²) in [7, 11) is 0. The molecule has 1 aliphatic heterocycles. The van der Waals surface area contributed by atoms with Gasteiger partial charge in [-0.25, -0.2) is 0 Å². The maximum Gasteiger partial charge on any atom is 0.221 e. The van der Waals surface area contributed by atoms with Crippen LogP contribution in [0.3, 0.4) is 0 Å². The van der Waals surface area contributed by atoms with Crippen LogP contribution in [0.25, 0.3) is 0 Å². The second-order valence-electron chi connectivity index (χ2n) is 8.49. The van der Waals surface area contributed by atoms with E-state index in [1.807, 2.05) is 30.5 Å². The van der Waals surface area contributed by atoms with Crippen molar-refractivity contribution in [1.82, 2.24) is 0 Å². The fourth-order valence-electron chi connectivity index (χ4n) is 4.24. The van der Waals surface area contributed by atoms with E-state index in [1.165, 1.54) is 18.2 Å². The number of rotatable bonds is 5. The van der Waals surface area contributed by atoms with Gasteiger partial charge >= 0.3 is 0 Å². The molecule has 2 aromatic rings. The molecule has 154 valence electrons. The molecule has 3 rings (SSSR count). The zero-order chi connectivity index (χ0) is 21.2. The van der Waals surface area contributed by atoms with E-state index >= 15 is 0 Å². The molecule has 0 radical (unpaired) electrons. The standard InChI is InChI=1S/C24H30ClN3O/c1-6-11-28-23-13-22(25)18(12-21(23)16(2)14-24(28,4)5)15-26-19-7-9-20(10-8-19)27-17(3)29/h7-10,12-13,15-16H,6,11,14H2,1-5H3,(H,27,29). The normalized spacial score (nSPS) is 18.0. The topological polar surface area (TPSA) is 44.7 Å². The van der Waals surface area contributed by atoms with Crippen molar-refractivity contribution in [3.8, 4) is 0 Å². The van der Waals surface area contributed by atoms with Gasteiger partial charge in [0.1, 0.15) is 0 Å². The first-order valence-electron chi connectivity index (χ1n) is 10.2. The number of amides is 1. The van der Waals surface area contributed by atoms with Crippen LogP contribution in [0.15, 0.2) is 41.4 Å². The predicted molar refractivity (Wildman–Crippen MR) is 124 cm³/mol. The van der Waals surface area contributed by atoms with Gasteiger partial charge in [0.05, 0.1) is 10.7 Å². The highest BCUT2D eigenvalue weighted by Crippen LogP contribution is 2.45. The Balaban J connectivity index is 1.89. The molecule has 0 fully saturated rings. The number of nitrogens with one attached hydrogen (secondary N) is 1. The van der Waals surface area contributed by atoms with E-state index in [0.717, 1.165) is 36.3 Å². The Bertz CT molecular complexity index is 918. The van der Waals surface area contributed by atoms with E-state index in [-0.39, 0.29) is 11.4 Å². The average molecular weight is 412 g/mol. The lowest BCUT2D eigenvalue weighted by molar-refractivity contribution is -0.114. The highest BCUT2D eigenvalue weighted by Gasteiger charge is 2.36. The Morgan fingerprint density at radius 2 is 2.00 bits per heavy atom. The molecule has 1 unspecified atom stereocenters. The highest BCUT2D eigenvalue weighted by molar-refractivity contribution is 6.33. The molecule has 4 nitrogen and oxygen atoms in total. The summed E-state index contributed by atoms with van der Waals surface area (Å²) in [6.07, 6.45) is 4.04. The summed E-state index contributed by atoms with van der Waals surface area (Å²) in [4.78, 5) is 18.2. The van der Waals surface area contributed by atoms with Crippen molar-refractivity contribution in [2.45, 2.75) is 58.9 Å². The summed E-state index contributed by atoms with van der Waals surface area (Å²) in [5, 5.41) is 3.47. The third-order valence-electron chi connectivity index (χ3n) is 5.49. The van der Waals surface area contributed by atoms with Crippen LogP contribution < -0.4 is 10.2 Å². The first kappa shape index (κ1) is 21.4. The minimum Gasteiger partial charge on any atom is -0.366 e. The Labute approximate surface area is 179 Å². The summed E-state index contributed by atoms with van der Waals surface area (Å²) in [6.45, 7) is 11.7. The number of fused-ring (bicyclic) bond motifs is 1. The Morgan fingerprint density at radius 1 is 1.31 bits per heavy atom. The number of hydrogen-bond donors (Lipinski definition) is 1. The zero-order valence-corrected chi connectivity index (χ0v) is 18.7. The van der Waals surface area contributed by atoms with Crippen LogP contribution in [0.4, 0.5) is 17.1 Å². The maximum absolute atomic E-state index is 11.1. The van der Waals surface area contributed by atoms with Gasteiger partial charge in [-0.05, 0) is 74.6 Å². The number of anilines is 2. The van der Waals surface area contributed by atoms with E-state index in [9.17, 15) is 4.79 Å². The van der Waals surface area contributed by atoms with Gasteiger partial charge in [0.2, 0.25) is 5.91 Å². The number of halogens is 1. The van der Waals surface area contributed by atoms with Gasteiger partial charge in [-0.3, -0.25) is 9.79 Å². The van der Waals surface area contributed by atoms with Crippen LogP contribution in [-0.2, 0) is 4.79 Å². The van der Waals surface area contributed by atoms with Gasteiger partial charge in [-0.2, -0.15) is 0 Å². The fraction of sp³-hybridized carbons (Fsp3) is 0.417. The first-order valence-corrected chi connectivity index (χ1v) is 10.6. The largest absolute Gasteiger partial charge is 0.366 e. The number of carbonyl (C=O) groups excluding carboxylic acids is 1. The van der Waals surface area contributed by atoms with Crippen molar-refractivity contribution in [3.05, 3.63) is 52.5 Å². The van der Waals surface area contributed by atoms with Crippen LogP contribution in [-0.4, -0.2) is 24.2 Å². The molecule has 29 heavy (non-hydrogen) atoms. The molecule has 0 saturated carbocycles. The SMILES string of the molecule is CCCN1c2cc(Cl)c(C=Nc3ccc(NC(C)=O)cc3)cc2C(C)CC1(C)C. The van der Waals surface area contributed by atoms with E-state index in [4.69, 9.17) is 11.6 Å². The van der Waals surface area contributed by atoms with Gasteiger partial charge in [0, 0.05) is 42.2 Å². The molecule has 1 heterocycles. The van der Waals surface area contributed by atoms with Gasteiger partial charge in [-0.1, -0.05) is 25.4 Å². The molecule has 1 N–H and O–H groups in total. The van der Waals surface area contributed by atoms with Crippen molar-refractivity contribution in [1.29, 1.82) is 0 Å². The van der Waals surface area contributed by atoms with Crippen molar-refractivity contribution >= 4 is 40.8 Å². The minimum absolute atomic E-state index is 0.0866. The molecule has 0 spiro atoms. The quantitative estimate of drug-likeness (QED) is 0.567. The lowest BCUT2D eigenvalue weighted by Gasteiger charge is -2.47. The Morgan fingerprint density at radius 3 is 2.62 bits per heavy atom. The van der Waals surface area contributed by atoms with Crippen LogP contribution in [0.5, 0.6) is 0 Å². The van der Waals surface area contributed by atoms with Crippen LogP contribution >= 0.6 is 11.6 Å². The second kappa shape index (κ2) is 8.58. The smallest absolute Gasteiger partial charge is 0.221 e. The number of nitrogens with zero attached hydrogens (tertiary/aromatic N) is 2. The van der Waals surface area contributed by atoms with E-state index in [1.54, 1.807) is 0 Å². The van der Waals surface area contributed by atoms with E-state index in [0.29, 0.717) is 10.9 Å². The lowest BCUT2D eigenvalue weighted by Crippen LogP contribution is -2.48. The van der Waals surface area contributed by atoms with Gasteiger partial charge in [-0.15, -0.1) is 0 Å². The van der Waals surface area contributed by atoms with Crippen molar-refractivity contribution in [2.24, 2.45) is 4.99 Å². The van der Waals surface area contributed by atoms with Gasteiger partial charge < -0.3 is 10.2 Å². The number of hydrogen-bond acceptors (Lipinski definition) is 3. The highest BCUT2D eigenvalue weighted by atomic mass is 35.5. The molecule has 0 aromatic heterocycles. The summed E-state index contributed by atoms with van der Waals surface area (Å²) < 4.78 is 0. The summed E-state index contributed by atoms with van der Waals surface area (Å²) in [5.74, 6) is 0.381. The van der Waals surface area contributed by atoms with E-state index in [2.05, 4.69) is 55.0 Å². The van der Waals surface area contributed by atoms with Crippen LogP contribution in [0.1, 0.15) is 64.5 Å². The lowest BCUT2D eigenvalue weighted by atomic mass is 9.79. The molecule has 2 aromatic carbocycles. The monoisotopic (exact) mass is 411 g/mol. The third-order valence-corrected chi connectivity index (χ3v) is 5.82. The molecular formula is C24H30ClN3O. The molecular weight excluding hydrogens is 382 g/mol. The predicted octanol–water partition coefficient (Wildman–Crippen LogP) is 6.55. The van der Waals surface area contributed by atoms with Crippen LogP contribution in [0.2, 0.25) is 5.02 Å². The average Bonchev–Trinajstić information content (AvgIpc) is 2.64. The van der Waals surface area contributed by atoms with Gasteiger partial charge in [0.15, 0.2) is 0 Å². The Hall–Kier alpha value is -2.33.